The van der Waals surface area contributed by atoms with E-state index in [0.29, 0.717) is 24.9 Å². The molecule has 0 spiro atoms. The van der Waals surface area contributed by atoms with Crippen LogP contribution in [-0.4, -0.2) is 53.1 Å². The number of aliphatic hydroxyl groups excluding tert-OH is 1. The smallest absolute Gasteiger partial charge is 0.328 e. The van der Waals surface area contributed by atoms with Gasteiger partial charge in [-0.3, -0.25) is 4.98 Å². The second kappa shape index (κ2) is 6.33. The average molecular weight is 312 g/mol. The molecule has 0 aliphatic carbocycles. The summed E-state index contributed by atoms with van der Waals surface area (Å²) < 4.78 is 26.3. The number of rotatable bonds is 5. The first-order valence-electron chi connectivity index (χ1n) is 6.44. The lowest BCUT2D eigenvalue weighted by atomic mass is 10.2. The number of sulfonamides is 1. The summed E-state index contributed by atoms with van der Waals surface area (Å²) in [6, 6.07) is 0.961. The molecule has 2 heterocycles. The van der Waals surface area contributed by atoms with E-state index in [4.69, 9.17) is 5.11 Å². The van der Waals surface area contributed by atoms with Gasteiger partial charge >= 0.3 is 5.97 Å². The van der Waals surface area contributed by atoms with Gasteiger partial charge in [-0.2, -0.15) is 4.31 Å². The number of aromatic nitrogens is 1. The molecule has 0 radical (unpaired) electrons. The second-order valence-corrected chi connectivity index (χ2v) is 6.61. The van der Waals surface area contributed by atoms with Crippen molar-refractivity contribution in [2.24, 2.45) is 0 Å². The Bertz CT molecular complexity index is 656. The van der Waals surface area contributed by atoms with Crippen LogP contribution in [0.15, 0.2) is 29.4 Å². The van der Waals surface area contributed by atoms with Gasteiger partial charge in [-0.05, 0) is 30.5 Å². The lowest BCUT2D eigenvalue weighted by molar-refractivity contribution is -0.131. The number of carbonyl (C=O) groups is 1. The topological polar surface area (TPSA) is 108 Å². The van der Waals surface area contributed by atoms with Crippen LogP contribution in [0.3, 0.4) is 0 Å². The van der Waals surface area contributed by atoms with Crippen LogP contribution in [0.2, 0.25) is 0 Å². The molecule has 1 saturated heterocycles. The molecule has 1 aliphatic heterocycles. The van der Waals surface area contributed by atoms with Gasteiger partial charge in [-0.25, -0.2) is 13.2 Å². The largest absolute Gasteiger partial charge is 0.478 e. The summed E-state index contributed by atoms with van der Waals surface area (Å²) in [5.41, 5.74) is 0.387. The number of carboxylic acids is 1. The number of hydrogen-bond donors (Lipinski definition) is 2. The van der Waals surface area contributed by atoms with E-state index in [1.165, 1.54) is 28.8 Å². The van der Waals surface area contributed by atoms with Crippen molar-refractivity contribution >= 4 is 22.1 Å². The lowest BCUT2D eigenvalue weighted by Gasteiger charge is -2.22. The third-order valence-corrected chi connectivity index (χ3v) is 5.21. The molecule has 0 amide bonds. The molecule has 2 N–H and O–H groups in total. The standard InChI is InChI=1S/C13H16N2O5S/c16-9-11-2-1-5-15(11)21(19,20)12-6-10(7-14-8-12)3-4-13(17)18/h3-4,6-8,11,16H,1-2,5,9H2,(H,17,18). The Balaban J connectivity index is 2.32. The Morgan fingerprint density at radius 2 is 2.24 bits per heavy atom. The normalized spacial score (nSPS) is 20.1. The highest BCUT2D eigenvalue weighted by molar-refractivity contribution is 7.89. The summed E-state index contributed by atoms with van der Waals surface area (Å²) in [6.45, 7) is 0.147. The first kappa shape index (κ1) is 15.6. The number of pyridine rings is 1. The van der Waals surface area contributed by atoms with Gasteiger partial charge in [0.15, 0.2) is 0 Å². The molecule has 21 heavy (non-hydrogen) atoms. The molecule has 0 saturated carbocycles. The van der Waals surface area contributed by atoms with E-state index in [0.717, 1.165) is 6.08 Å². The van der Waals surface area contributed by atoms with E-state index in [9.17, 15) is 18.3 Å². The average Bonchev–Trinajstić information content (AvgIpc) is 2.94. The molecule has 1 atom stereocenters. The van der Waals surface area contributed by atoms with Crippen LogP contribution in [0.5, 0.6) is 0 Å². The van der Waals surface area contributed by atoms with Crippen LogP contribution in [0.1, 0.15) is 18.4 Å². The fourth-order valence-electron chi connectivity index (χ4n) is 2.28. The number of nitrogens with zero attached hydrogens (tertiary/aromatic N) is 2. The maximum Gasteiger partial charge on any atom is 0.328 e. The number of carboxylic acid groups (broad SMARTS) is 1. The summed E-state index contributed by atoms with van der Waals surface area (Å²) in [6.07, 6.45) is 6.13. The van der Waals surface area contributed by atoms with Gasteiger partial charge in [0.25, 0.3) is 0 Å². The molecule has 1 fully saturated rings. The van der Waals surface area contributed by atoms with Crippen LogP contribution in [0.4, 0.5) is 0 Å². The molecule has 7 nitrogen and oxygen atoms in total. The van der Waals surface area contributed by atoms with Gasteiger partial charge in [0.1, 0.15) is 4.90 Å². The zero-order valence-corrected chi connectivity index (χ0v) is 12.0. The molecule has 0 bridgehead atoms. The first-order valence-corrected chi connectivity index (χ1v) is 7.88. The summed E-state index contributed by atoms with van der Waals surface area (Å²) in [5, 5.41) is 17.8. The Morgan fingerprint density at radius 1 is 1.48 bits per heavy atom. The summed E-state index contributed by atoms with van der Waals surface area (Å²) >= 11 is 0. The molecule has 8 heteroatoms. The van der Waals surface area contributed by atoms with Crippen LogP contribution in [0, 0.1) is 0 Å². The first-order chi connectivity index (χ1) is 9.95. The van der Waals surface area contributed by atoms with Crippen molar-refractivity contribution < 1.29 is 23.4 Å². The molecule has 114 valence electrons. The molecule has 0 aromatic carbocycles. The van der Waals surface area contributed by atoms with Crippen molar-refractivity contribution in [3.63, 3.8) is 0 Å². The van der Waals surface area contributed by atoms with Crippen molar-refractivity contribution in [3.05, 3.63) is 30.1 Å². The SMILES string of the molecule is O=C(O)C=Cc1cncc(S(=O)(=O)N2CCCC2CO)c1. The van der Waals surface area contributed by atoms with Crippen molar-refractivity contribution in [2.75, 3.05) is 13.2 Å². The van der Waals surface area contributed by atoms with Crippen molar-refractivity contribution in [1.82, 2.24) is 9.29 Å². The number of aliphatic hydroxyl groups is 1. The van der Waals surface area contributed by atoms with Crippen LogP contribution >= 0.6 is 0 Å². The van der Waals surface area contributed by atoms with Gasteiger partial charge in [0.05, 0.1) is 6.61 Å². The van der Waals surface area contributed by atoms with E-state index in [2.05, 4.69) is 4.98 Å². The van der Waals surface area contributed by atoms with Crippen molar-refractivity contribution in [1.29, 1.82) is 0 Å². The Hall–Kier alpha value is -1.77. The molecule has 1 aromatic heterocycles. The molecule has 1 aromatic rings. The summed E-state index contributed by atoms with van der Waals surface area (Å²) in [4.78, 5) is 14.3. The van der Waals surface area contributed by atoms with Gasteiger partial charge in [0, 0.05) is 31.1 Å². The Morgan fingerprint density at radius 3 is 2.90 bits per heavy atom. The van der Waals surface area contributed by atoms with Crippen molar-refractivity contribution in [3.8, 4) is 0 Å². The lowest BCUT2D eigenvalue weighted by Crippen LogP contribution is -2.37. The maximum atomic E-state index is 12.5. The van der Waals surface area contributed by atoms with E-state index in [1.54, 1.807) is 0 Å². The highest BCUT2D eigenvalue weighted by Crippen LogP contribution is 2.25. The van der Waals surface area contributed by atoms with Crippen LogP contribution in [-0.2, 0) is 14.8 Å². The Labute approximate surface area is 122 Å². The van der Waals surface area contributed by atoms with Gasteiger partial charge in [-0.15, -0.1) is 0 Å². The van der Waals surface area contributed by atoms with Crippen LogP contribution < -0.4 is 0 Å². The summed E-state index contributed by atoms with van der Waals surface area (Å²) in [7, 11) is -3.73. The third kappa shape index (κ3) is 3.46. The monoisotopic (exact) mass is 312 g/mol. The molecule has 1 unspecified atom stereocenters. The minimum Gasteiger partial charge on any atom is -0.478 e. The predicted octanol–water partition coefficient (Wildman–Crippen LogP) is 0.325. The fraction of sp³-hybridized carbons (Fsp3) is 0.385. The third-order valence-electron chi connectivity index (χ3n) is 3.29. The van der Waals surface area contributed by atoms with E-state index >= 15 is 0 Å². The molecular formula is C13H16N2O5S. The number of aliphatic carboxylic acids is 1. The van der Waals surface area contributed by atoms with Crippen LogP contribution in [0.25, 0.3) is 6.08 Å². The highest BCUT2D eigenvalue weighted by Gasteiger charge is 2.34. The van der Waals surface area contributed by atoms with Gasteiger partial charge < -0.3 is 10.2 Å². The quantitative estimate of drug-likeness (QED) is 0.758. The molecule has 1 aliphatic rings. The maximum absolute atomic E-state index is 12.5. The van der Waals surface area contributed by atoms with Gasteiger partial charge in [0.2, 0.25) is 10.0 Å². The molecular weight excluding hydrogens is 296 g/mol. The van der Waals surface area contributed by atoms with E-state index in [1.807, 2.05) is 0 Å². The van der Waals surface area contributed by atoms with Gasteiger partial charge in [-0.1, -0.05) is 0 Å². The second-order valence-electron chi connectivity index (χ2n) is 4.72. The zero-order valence-electron chi connectivity index (χ0n) is 11.2. The predicted molar refractivity (Wildman–Crippen MR) is 74.9 cm³/mol. The fourth-order valence-corrected chi connectivity index (χ4v) is 3.96. The Kier molecular flexibility index (Phi) is 4.71. The number of hydrogen-bond acceptors (Lipinski definition) is 5. The molecule has 2 rings (SSSR count). The summed E-state index contributed by atoms with van der Waals surface area (Å²) in [5.74, 6) is -1.12. The highest BCUT2D eigenvalue weighted by atomic mass is 32.2. The van der Waals surface area contributed by atoms with E-state index in [-0.39, 0.29) is 11.5 Å². The minimum absolute atomic E-state index is 0.00427. The van der Waals surface area contributed by atoms with Crippen molar-refractivity contribution in [2.45, 2.75) is 23.8 Å². The zero-order chi connectivity index (χ0) is 15.5. The minimum atomic E-state index is -3.73. The van der Waals surface area contributed by atoms with E-state index < -0.39 is 22.0 Å².